The molecule has 64 heavy (non-hydrogen) atoms. The molecule has 0 spiro atoms. The van der Waals surface area contributed by atoms with Gasteiger partial charge in [-0.2, -0.15) is 21.0 Å². The number of nitrogens with zero attached hydrogens (tertiary/aromatic N) is 8. The molecule has 4 aromatic heterocycles. The number of rotatable bonds is 0. The second-order valence-electron chi connectivity index (χ2n) is 15.8. The van der Waals surface area contributed by atoms with Crippen molar-refractivity contribution < 1.29 is 0 Å². The number of hydrogen-bond acceptors (Lipinski definition) is 4. The maximum absolute atomic E-state index is 9.32. The van der Waals surface area contributed by atoms with E-state index in [0.717, 1.165) is 87.2 Å². The van der Waals surface area contributed by atoms with Gasteiger partial charge < -0.3 is 18.3 Å². The average Bonchev–Trinajstić information content (AvgIpc) is 3.99. The van der Waals surface area contributed by atoms with E-state index in [4.69, 9.17) is 0 Å². The smallest absolute Gasteiger partial charge is 0.0992 e. The maximum Gasteiger partial charge on any atom is 0.0992 e. The van der Waals surface area contributed by atoms with Crippen molar-refractivity contribution in [2.45, 2.75) is 27.7 Å². The molecule has 308 valence electrons. The van der Waals surface area contributed by atoms with Crippen molar-refractivity contribution in [3.8, 4) is 24.3 Å². The summed E-state index contributed by atoms with van der Waals surface area (Å²) in [5, 5.41) is 51.1. The van der Waals surface area contributed by atoms with Crippen molar-refractivity contribution in [3.05, 3.63) is 144 Å². The van der Waals surface area contributed by atoms with Crippen LogP contribution in [0.15, 0.2) is 121 Å². The first-order chi connectivity index (χ1) is 31.2. The van der Waals surface area contributed by atoms with E-state index in [2.05, 4.69) is 119 Å². The Morgan fingerprint density at radius 3 is 0.812 bits per heavy atom. The van der Waals surface area contributed by atoms with Gasteiger partial charge in [0.05, 0.1) is 57.6 Å². The highest BCUT2D eigenvalue weighted by atomic mass is 15.0. The molecular weight excluding hydrogens is 785 g/mol. The Hall–Kier alpha value is -8.56. The molecule has 0 saturated carbocycles. The molecule has 0 aliphatic rings. The first kappa shape index (κ1) is 40.8. The lowest BCUT2D eigenvalue weighted by Crippen LogP contribution is -1.88. The van der Waals surface area contributed by atoms with Crippen LogP contribution in [0.5, 0.6) is 0 Å². The quantitative estimate of drug-likeness (QED) is 0.151. The van der Waals surface area contributed by atoms with Crippen LogP contribution in [0.3, 0.4) is 0 Å². The summed E-state index contributed by atoms with van der Waals surface area (Å²) in [4.78, 5) is 0. The van der Waals surface area contributed by atoms with Crippen molar-refractivity contribution in [3.63, 3.8) is 0 Å². The highest BCUT2D eigenvalue weighted by Crippen LogP contribution is 2.39. The molecule has 0 unspecified atom stereocenters. The molecule has 8 nitrogen and oxygen atoms in total. The van der Waals surface area contributed by atoms with Gasteiger partial charge in [-0.25, -0.2) is 0 Å². The van der Waals surface area contributed by atoms with Crippen LogP contribution in [-0.2, 0) is 28.2 Å². The molecule has 0 aliphatic heterocycles. The number of nitriles is 4. The van der Waals surface area contributed by atoms with Gasteiger partial charge in [0.15, 0.2) is 0 Å². The third-order valence-electron chi connectivity index (χ3n) is 12.7. The molecule has 0 radical (unpaired) electrons. The normalized spacial score (nSPS) is 11.1. The lowest BCUT2D eigenvalue weighted by molar-refractivity contribution is 1.01. The Balaban J connectivity index is 0.000000151. The SMILES string of the molecule is CC.CC.Cn1c2cc(C#N)ccc2c2cc3cc4c(cc3cc21)c1ccc(C#N)cc1n4C.Cn1c2ccc(C#N)cc2c2cc3cc4c(cc3cc21)c1cc(C#N)ccc1n4C. The maximum atomic E-state index is 9.32. The third-order valence-corrected chi connectivity index (χ3v) is 12.7. The molecule has 0 bridgehead atoms. The predicted octanol–water partition coefficient (Wildman–Crippen LogP) is 13.8. The van der Waals surface area contributed by atoms with Gasteiger partial charge in [0.2, 0.25) is 0 Å². The van der Waals surface area contributed by atoms with Crippen molar-refractivity contribution >= 4 is 109 Å². The number of fused-ring (bicyclic) bond motifs is 14. The van der Waals surface area contributed by atoms with E-state index in [1.165, 1.54) is 21.5 Å². The van der Waals surface area contributed by atoms with Crippen LogP contribution in [0.2, 0.25) is 0 Å². The first-order valence-electron chi connectivity index (χ1n) is 21.5. The predicted molar refractivity (Wildman–Crippen MR) is 265 cm³/mol. The number of hydrogen-bond donors (Lipinski definition) is 0. The van der Waals surface area contributed by atoms with E-state index in [-0.39, 0.29) is 0 Å². The number of aromatic nitrogens is 4. The zero-order chi connectivity index (χ0) is 45.1. The average molecular weight is 829 g/mol. The van der Waals surface area contributed by atoms with Gasteiger partial charge in [0.1, 0.15) is 0 Å². The Morgan fingerprint density at radius 2 is 0.500 bits per heavy atom. The topological polar surface area (TPSA) is 115 Å². The van der Waals surface area contributed by atoms with Crippen molar-refractivity contribution in [2.75, 3.05) is 0 Å². The molecule has 8 aromatic carbocycles. The summed E-state index contributed by atoms with van der Waals surface area (Å²) in [6, 6.07) is 50.3. The minimum Gasteiger partial charge on any atom is -0.344 e. The van der Waals surface area contributed by atoms with Crippen molar-refractivity contribution in [1.29, 1.82) is 21.0 Å². The highest BCUT2D eigenvalue weighted by Gasteiger charge is 2.16. The zero-order valence-electron chi connectivity index (χ0n) is 37.1. The van der Waals surface area contributed by atoms with E-state index in [1.807, 2.05) is 100 Å². The second-order valence-corrected chi connectivity index (χ2v) is 15.8. The summed E-state index contributed by atoms with van der Waals surface area (Å²) in [5.74, 6) is 0. The second kappa shape index (κ2) is 15.7. The molecule has 0 aliphatic carbocycles. The molecule has 0 amide bonds. The molecule has 4 heterocycles. The van der Waals surface area contributed by atoms with Crippen molar-refractivity contribution in [1.82, 2.24) is 18.3 Å². The molecule has 0 saturated heterocycles. The zero-order valence-corrected chi connectivity index (χ0v) is 37.1. The fourth-order valence-corrected chi connectivity index (χ4v) is 9.58. The molecule has 8 heteroatoms. The summed E-state index contributed by atoms with van der Waals surface area (Å²) in [5.41, 5.74) is 11.7. The van der Waals surface area contributed by atoms with Crippen LogP contribution in [0.1, 0.15) is 49.9 Å². The molecule has 12 rings (SSSR count). The van der Waals surface area contributed by atoms with Crippen molar-refractivity contribution in [2.24, 2.45) is 28.2 Å². The van der Waals surface area contributed by atoms with Crippen LogP contribution >= 0.6 is 0 Å². The lowest BCUT2D eigenvalue weighted by Gasteiger charge is -2.04. The minimum atomic E-state index is 0.673. The Kier molecular flexibility index (Phi) is 10.0. The largest absolute Gasteiger partial charge is 0.344 e. The fraction of sp³-hybridized carbons (Fsp3) is 0.143. The van der Waals surface area contributed by atoms with Crippen LogP contribution in [0, 0.1) is 45.3 Å². The first-order valence-corrected chi connectivity index (χ1v) is 21.5. The molecule has 0 atom stereocenters. The third kappa shape index (κ3) is 6.08. The van der Waals surface area contributed by atoms with Gasteiger partial charge in [-0.1, -0.05) is 39.8 Å². The van der Waals surface area contributed by atoms with Gasteiger partial charge in [-0.3, -0.25) is 0 Å². The van der Waals surface area contributed by atoms with E-state index in [1.54, 1.807) is 0 Å². The monoisotopic (exact) mass is 828 g/mol. The van der Waals surface area contributed by atoms with E-state index in [0.29, 0.717) is 22.3 Å². The Bertz CT molecular complexity index is 3830. The standard InChI is InChI=1S/2C26H16N4.2C2H6/c1-29-23-5-3-15(13-27)7-19(23)21-9-18-12-26-22(10-17(18)11-25(21)29)20-8-16(14-28)4-6-24(20)30(26)2;1-29-23-7-15(13-27)3-5-19(23)21-9-18-12-26-22(10-17(18)11-25(21)29)20-6-4-16(14-28)8-24(20)30(26)2;2*1-2/h2*3-12H,1-2H3;2*1-2H3. The summed E-state index contributed by atoms with van der Waals surface area (Å²) < 4.78 is 8.70. The minimum absolute atomic E-state index is 0.673. The molecular formula is C56H44N8. The summed E-state index contributed by atoms with van der Waals surface area (Å²) in [7, 11) is 8.24. The lowest BCUT2D eigenvalue weighted by atomic mass is 10.0. The Morgan fingerprint density at radius 1 is 0.266 bits per heavy atom. The molecule has 0 N–H and O–H groups in total. The van der Waals surface area contributed by atoms with Gasteiger partial charge in [0.25, 0.3) is 0 Å². The molecule has 0 fully saturated rings. The highest BCUT2D eigenvalue weighted by molar-refractivity contribution is 6.19. The number of aryl methyl sites for hydroxylation is 4. The van der Waals surface area contributed by atoms with Gasteiger partial charge in [-0.05, 0) is 131 Å². The van der Waals surface area contributed by atoms with Crippen LogP contribution in [0.4, 0.5) is 0 Å². The summed E-state index contributed by atoms with van der Waals surface area (Å²) in [6.45, 7) is 8.00. The van der Waals surface area contributed by atoms with E-state index >= 15 is 0 Å². The van der Waals surface area contributed by atoms with Crippen LogP contribution in [-0.4, -0.2) is 18.3 Å². The van der Waals surface area contributed by atoms with Gasteiger partial charge >= 0.3 is 0 Å². The van der Waals surface area contributed by atoms with Gasteiger partial charge in [0, 0.05) is 104 Å². The van der Waals surface area contributed by atoms with E-state index < -0.39 is 0 Å². The van der Waals surface area contributed by atoms with Crippen LogP contribution in [0.25, 0.3) is 109 Å². The number of benzene rings is 8. The summed E-state index contributed by atoms with van der Waals surface area (Å²) in [6.07, 6.45) is 0. The van der Waals surface area contributed by atoms with E-state index in [9.17, 15) is 21.0 Å². The summed E-state index contributed by atoms with van der Waals surface area (Å²) >= 11 is 0. The van der Waals surface area contributed by atoms with Crippen LogP contribution < -0.4 is 0 Å². The Labute approximate surface area is 370 Å². The molecule has 12 aromatic rings. The van der Waals surface area contributed by atoms with Gasteiger partial charge in [-0.15, -0.1) is 0 Å². The fourth-order valence-electron chi connectivity index (χ4n) is 9.58.